The molecule has 0 saturated carbocycles. The molecule has 126 valence electrons. The van der Waals surface area contributed by atoms with E-state index >= 15 is 0 Å². The molecule has 0 unspecified atom stereocenters. The van der Waals surface area contributed by atoms with Crippen molar-refractivity contribution in [3.63, 3.8) is 0 Å². The summed E-state index contributed by atoms with van der Waals surface area (Å²) >= 11 is 0. The predicted octanol–water partition coefficient (Wildman–Crippen LogP) is 0.920. The number of aromatic carboxylic acids is 1. The summed E-state index contributed by atoms with van der Waals surface area (Å²) in [6.07, 6.45) is 0. The second-order valence-corrected chi connectivity index (χ2v) is 8.33. The van der Waals surface area contributed by atoms with Gasteiger partial charge in [0.1, 0.15) is 0 Å². The number of carbonyl (C=O) groups is 2. The van der Waals surface area contributed by atoms with Crippen LogP contribution in [0.4, 0.5) is 0 Å². The number of sulfonamides is 1. The zero-order valence-electron chi connectivity index (χ0n) is 13.2. The highest BCUT2D eigenvalue weighted by atomic mass is 32.2. The lowest BCUT2D eigenvalue weighted by molar-refractivity contribution is -0.144. The fourth-order valence-corrected chi connectivity index (χ4v) is 3.54. The molecule has 7 nitrogen and oxygen atoms in total. The van der Waals surface area contributed by atoms with Crippen molar-refractivity contribution in [3.8, 4) is 0 Å². The third kappa shape index (κ3) is 3.89. The van der Waals surface area contributed by atoms with Crippen LogP contribution in [0.1, 0.15) is 31.1 Å². The van der Waals surface area contributed by atoms with Crippen LogP contribution in [0.2, 0.25) is 0 Å². The summed E-state index contributed by atoms with van der Waals surface area (Å²) in [7, 11) is -3.81. The molecule has 0 spiro atoms. The third-order valence-electron chi connectivity index (χ3n) is 3.52. The number of carboxylic acids is 1. The number of benzene rings is 1. The molecule has 1 saturated heterocycles. The van der Waals surface area contributed by atoms with E-state index < -0.39 is 21.4 Å². The molecule has 0 bridgehead atoms. The van der Waals surface area contributed by atoms with Crippen LogP contribution < -0.4 is 4.72 Å². The number of carbonyl (C=O) groups excluding carboxylic acids is 1. The summed E-state index contributed by atoms with van der Waals surface area (Å²) < 4.78 is 27.0. The Labute approximate surface area is 135 Å². The molecular weight excluding hydrogens is 320 g/mol. The summed E-state index contributed by atoms with van der Waals surface area (Å²) in [4.78, 5) is 24.5. The van der Waals surface area contributed by atoms with Crippen LogP contribution in [0.5, 0.6) is 0 Å². The lowest BCUT2D eigenvalue weighted by Gasteiger charge is -2.42. The van der Waals surface area contributed by atoms with Gasteiger partial charge in [-0.25, -0.2) is 17.9 Å². The monoisotopic (exact) mass is 340 g/mol. The maximum atomic E-state index is 12.3. The lowest BCUT2D eigenvalue weighted by Crippen LogP contribution is -2.62. The fraction of sp³-hybridized carbons (Fsp3) is 0.467. The van der Waals surface area contributed by atoms with Gasteiger partial charge in [0.25, 0.3) is 0 Å². The number of hydrogen-bond donors (Lipinski definition) is 2. The molecule has 8 heteroatoms. The predicted molar refractivity (Wildman–Crippen MR) is 83.5 cm³/mol. The number of rotatable bonds is 4. The first-order valence-electron chi connectivity index (χ1n) is 7.16. The molecule has 2 rings (SSSR count). The molecule has 1 amide bonds. The second-order valence-electron chi connectivity index (χ2n) is 6.61. The van der Waals surface area contributed by atoms with Gasteiger partial charge in [0.15, 0.2) is 0 Å². The molecule has 0 atom stereocenters. The molecule has 1 heterocycles. The van der Waals surface area contributed by atoms with Crippen molar-refractivity contribution < 1.29 is 23.1 Å². The van der Waals surface area contributed by atoms with E-state index in [2.05, 4.69) is 4.72 Å². The van der Waals surface area contributed by atoms with Gasteiger partial charge in [-0.05, 0) is 18.2 Å². The number of nitrogens with zero attached hydrogens (tertiary/aromatic N) is 1. The van der Waals surface area contributed by atoms with Gasteiger partial charge < -0.3 is 10.0 Å². The smallest absolute Gasteiger partial charge is 0.335 e. The van der Waals surface area contributed by atoms with E-state index in [4.69, 9.17) is 5.11 Å². The minimum atomic E-state index is -3.81. The van der Waals surface area contributed by atoms with E-state index in [1.807, 2.05) is 20.8 Å². The van der Waals surface area contributed by atoms with Crippen molar-refractivity contribution in [3.05, 3.63) is 29.8 Å². The second kappa shape index (κ2) is 5.93. The van der Waals surface area contributed by atoms with Gasteiger partial charge >= 0.3 is 5.97 Å². The molecule has 1 aliphatic heterocycles. The van der Waals surface area contributed by atoms with E-state index in [-0.39, 0.29) is 22.4 Å². The average molecular weight is 340 g/mol. The van der Waals surface area contributed by atoms with E-state index in [9.17, 15) is 18.0 Å². The normalized spacial score (nSPS) is 16.0. The van der Waals surface area contributed by atoms with Gasteiger partial charge in [-0.3, -0.25) is 4.79 Å². The van der Waals surface area contributed by atoms with Crippen LogP contribution in [0, 0.1) is 5.41 Å². The van der Waals surface area contributed by atoms with Gasteiger partial charge in [-0.15, -0.1) is 0 Å². The number of hydrogen-bond acceptors (Lipinski definition) is 4. The van der Waals surface area contributed by atoms with Gasteiger partial charge in [0, 0.05) is 18.5 Å². The third-order valence-corrected chi connectivity index (χ3v) is 5.04. The summed E-state index contributed by atoms with van der Waals surface area (Å²) in [5, 5.41) is 8.93. The van der Waals surface area contributed by atoms with Gasteiger partial charge in [-0.1, -0.05) is 26.8 Å². The topological polar surface area (TPSA) is 104 Å². The van der Waals surface area contributed by atoms with Crippen molar-refractivity contribution in [1.29, 1.82) is 0 Å². The van der Waals surface area contributed by atoms with Gasteiger partial charge in [0.05, 0.1) is 16.5 Å². The molecular formula is C15H20N2O5S. The molecule has 2 N–H and O–H groups in total. The van der Waals surface area contributed by atoms with Crippen molar-refractivity contribution in [2.24, 2.45) is 5.41 Å². The standard InChI is InChI=1S/C15H20N2O5S/c1-15(2,3)14(20)17-8-11(9-17)16-23(21,22)12-6-4-5-10(7-12)13(18)19/h4-7,11,16H,8-9H2,1-3H3,(H,18,19). The molecule has 1 fully saturated rings. The number of carboxylic acid groups (broad SMARTS) is 1. The molecule has 23 heavy (non-hydrogen) atoms. The molecule has 0 aliphatic carbocycles. The van der Waals surface area contributed by atoms with Crippen molar-refractivity contribution in [2.75, 3.05) is 13.1 Å². The largest absolute Gasteiger partial charge is 0.478 e. The Bertz CT molecular complexity index is 730. The molecule has 1 aromatic carbocycles. The Morgan fingerprint density at radius 3 is 2.39 bits per heavy atom. The van der Waals surface area contributed by atoms with Gasteiger partial charge in [-0.2, -0.15) is 0 Å². The Morgan fingerprint density at radius 1 is 1.26 bits per heavy atom. The fourth-order valence-electron chi connectivity index (χ4n) is 2.28. The van der Waals surface area contributed by atoms with Crippen LogP contribution in [-0.2, 0) is 14.8 Å². The maximum absolute atomic E-state index is 12.3. The first kappa shape index (κ1) is 17.4. The Morgan fingerprint density at radius 2 is 1.87 bits per heavy atom. The number of likely N-dealkylation sites (tertiary alicyclic amines) is 1. The minimum absolute atomic E-state index is 0.0270. The summed E-state index contributed by atoms with van der Waals surface area (Å²) in [6.45, 7) is 6.06. The average Bonchev–Trinajstić information content (AvgIpc) is 2.40. The van der Waals surface area contributed by atoms with E-state index in [0.717, 1.165) is 6.07 Å². The highest BCUT2D eigenvalue weighted by Gasteiger charge is 2.38. The first-order valence-corrected chi connectivity index (χ1v) is 8.64. The Balaban J connectivity index is 2.03. The highest BCUT2D eigenvalue weighted by molar-refractivity contribution is 7.89. The zero-order chi connectivity index (χ0) is 17.4. The summed E-state index contributed by atoms with van der Waals surface area (Å²) in [5.74, 6) is -1.21. The maximum Gasteiger partial charge on any atom is 0.335 e. The van der Waals surface area contributed by atoms with Crippen molar-refractivity contribution >= 4 is 21.9 Å². The molecule has 1 aliphatic rings. The van der Waals surface area contributed by atoms with Crippen LogP contribution in [0.15, 0.2) is 29.2 Å². The summed E-state index contributed by atoms with van der Waals surface area (Å²) in [6, 6.07) is 4.80. The SMILES string of the molecule is CC(C)(C)C(=O)N1CC(NS(=O)(=O)c2cccc(C(=O)O)c2)C1. The summed E-state index contributed by atoms with van der Waals surface area (Å²) in [5.41, 5.74) is -0.592. The van der Waals surface area contributed by atoms with Crippen molar-refractivity contribution in [2.45, 2.75) is 31.7 Å². The van der Waals surface area contributed by atoms with E-state index in [1.165, 1.54) is 18.2 Å². The van der Waals surface area contributed by atoms with Crippen LogP contribution in [0.3, 0.4) is 0 Å². The lowest BCUT2D eigenvalue weighted by atomic mass is 9.92. The van der Waals surface area contributed by atoms with Crippen LogP contribution >= 0.6 is 0 Å². The van der Waals surface area contributed by atoms with E-state index in [1.54, 1.807) is 4.90 Å². The van der Waals surface area contributed by atoms with Crippen molar-refractivity contribution in [1.82, 2.24) is 9.62 Å². The van der Waals surface area contributed by atoms with Crippen LogP contribution in [0.25, 0.3) is 0 Å². The molecule has 0 aromatic heterocycles. The quantitative estimate of drug-likeness (QED) is 0.848. The Hall–Kier alpha value is -1.93. The van der Waals surface area contributed by atoms with E-state index in [0.29, 0.717) is 13.1 Å². The highest BCUT2D eigenvalue weighted by Crippen LogP contribution is 2.22. The first-order chi connectivity index (χ1) is 10.5. The minimum Gasteiger partial charge on any atom is -0.478 e. The molecule has 0 radical (unpaired) electrons. The molecule has 1 aromatic rings. The van der Waals surface area contributed by atoms with Crippen LogP contribution in [-0.4, -0.2) is 49.4 Å². The zero-order valence-corrected chi connectivity index (χ0v) is 14.1. The number of nitrogens with one attached hydrogen (secondary N) is 1. The Kier molecular flexibility index (Phi) is 4.50. The van der Waals surface area contributed by atoms with Gasteiger partial charge in [0.2, 0.25) is 15.9 Å². The number of amides is 1.